The Morgan fingerprint density at radius 2 is 0.578 bits per heavy atom. The van der Waals surface area contributed by atoms with Gasteiger partial charge >= 0.3 is 171 Å². The number of rotatable bonds is 19. The summed E-state index contributed by atoms with van der Waals surface area (Å²) in [5.74, 6) is 2.22. The van der Waals surface area contributed by atoms with Crippen molar-refractivity contribution in [1.82, 2.24) is 0 Å². The van der Waals surface area contributed by atoms with Gasteiger partial charge in [0.1, 0.15) is 0 Å². The van der Waals surface area contributed by atoms with Gasteiger partial charge in [0.15, 0.2) is 0 Å². The van der Waals surface area contributed by atoms with E-state index in [0.717, 1.165) is 43.1 Å². The van der Waals surface area contributed by atoms with Crippen LogP contribution >= 0.6 is 46.7 Å². The Labute approximate surface area is 682 Å². The average molecular weight is 1730 g/mol. The van der Waals surface area contributed by atoms with Crippen LogP contribution in [0.1, 0.15) is 217 Å². The van der Waals surface area contributed by atoms with Crippen molar-refractivity contribution in [2.24, 2.45) is 0 Å². The van der Waals surface area contributed by atoms with Crippen LogP contribution in [0.15, 0.2) is 273 Å². The molecule has 10 aromatic carbocycles. The quantitative estimate of drug-likeness (QED) is 0.0456. The van der Waals surface area contributed by atoms with Crippen LogP contribution < -0.4 is 24.3 Å². The fourth-order valence-corrected chi connectivity index (χ4v) is 25.7. The summed E-state index contributed by atoms with van der Waals surface area (Å²) in [6.45, 7) is 21.7. The minimum absolute atomic E-state index is 0.0465. The first-order valence-electron chi connectivity index (χ1n) is 39.9. The summed E-state index contributed by atoms with van der Waals surface area (Å²) in [5, 5.41) is 0. The van der Waals surface area contributed by atoms with Gasteiger partial charge in [-0.3, -0.25) is 0 Å². The second-order valence-corrected chi connectivity index (χ2v) is 44.9. The third kappa shape index (κ3) is 24.6. The molecule has 2 aliphatic heterocycles. The standard InChI is InChI=1S/2C31H31N2.C18H33P.C10H12O.C7H6.4ClH.2Ru/c2*1-24(26-13-5-3-6-14-26)28-17-9-11-19-30(28)32-21-22-33(23-32)31-20-12-10-18-29(31)25(2)27-15-7-4-8-16-27;1-4-10-16(11-5-1)19(17-12-6-2-7-13-17)18-14-8-3-9-15-18;1-8(2)11-10-7-5-4-6-9(10)3;1-7-5-3-2-4-6-7;;;;;;/h2*3-20,23-25H,21-22H2,1-2H3;16-18H,1-15H2;3-8H,1-2H3;1-6H;4*1H;;/q2*-1;;;;;;;;2*+2/p-3. The van der Waals surface area contributed by atoms with Crippen molar-refractivity contribution in [2.75, 3.05) is 45.8 Å². The molecule has 5 nitrogen and oxygen atoms in total. The van der Waals surface area contributed by atoms with E-state index in [1.54, 1.807) is 96.3 Å². The number of nitrogens with zero attached hydrogens (tertiary/aromatic N) is 4. The van der Waals surface area contributed by atoms with Gasteiger partial charge in [0.2, 0.25) is 0 Å². The maximum absolute atomic E-state index is 5.82. The number of hydrogen-bond acceptors (Lipinski definition) is 5. The molecule has 0 radical (unpaired) electrons. The van der Waals surface area contributed by atoms with Gasteiger partial charge in [-0.15, -0.1) is 0 Å². The Morgan fingerprint density at radius 1 is 0.321 bits per heavy atom. The number of ether oxygens (including phenoxy) is 1. The van der Waals surface area contributed by atoms with Crippen molar-refractivity contribution < 1.29 is 31.8 Å². The van der Waals surface area contributed by atoms with Gasteiger partial charge in [0, 0.05) is 80.5 Å². The molecule has 0 N–H and O–H groups in total. The maximum atomic E-state index is 5.82. The van der Waals surface area contributed by atoms with Crippen LogP contribution in [-0.4, -0.2) is 58.5 Å². The molecule has 10 aromatic rings. The Kier molecular flexibility index (Phi) is 34.0. The summed E-state index contributed by atoms with van der Waals surface area (Å²) in [5.41, 5.74) is 21.8. The fourth-order valence-electron chi connectivity index (χ4n) is 16.8. The number of anilines is 4. The van der Waals surface area contributed by atoms with Crippen LogP contribution in [-0.2, 0) is 27.0 Å². The second-order valence-electron chi connectivity index (χ2n) is 30.0. The van der Waals surface area contributed by atoms with Crippen LogP contribution in [0.5, 0.6) is 5.75 Å². The van der Waals surface area contributed by atoms with Gasteiger partial charge in [-0.25, -0.2) is 0 Å². The molecule has 578 valence electrons. The molecule has 4 unspecified atom stereocenters. The van der Waals surface area contributed by atoms with Crippen molar-refractivity contribution in [3.63, 3.8) is 0 Å². The number of para-hydroxylation sites is 5. The molecule has 3 saturated carbocycles. The SMILES string of the molecule is C1CCC([PH+](C2CCCCC2)C2CCCCC2)CC1.CC(C)Oc1ccccc1[CH]=[Ru]([Cl])[Cl].CC(c1ccccc1)c1ccccc1N1[CH-]N(c2ccccc2C(C)c2ccccc2)CC1.CC(c1ccccc1)c1ccccc1N1[CH-]N(c2ccccc2C(C)c2ccccc2)CC1.[Cl][Ru]([Cl])=[CH]c1ccccc1. The van der Waals surface area contributed by atoms with Gasteiger partial charge in [-0.2, -0.15) is 13.3 Å². The summed E-state index contributed by atoms with van der Waals surface area (Å²) in [7, 11) is 22.9. The van der Waals surface area contributed by atoms with Crippen molar-refractivity contribution >= 4 is 78.7 Å². The van der Waals surface area contributed by atoms with E-state index >= 15 is 0 Å². The van der Waals surface area contributed by atoms with Crippen molar-refractivity contribution in [3.8, 4) is 5.75 Å². The van der Waals surface area contributed by atoms with Gasteiger partial charge in [-0.1, -0.05) is 241 Å². The summed E-state index contributed by atoms with van der Waals surface area (Å²) >= 11 is -3.39. The van der Waals surface area contributed by atoms with E-state index in [1.165, 1.54) is 84.2 Å². The van der Waals surface area contributed by atoms with Crippen LogP contribution in [0.25, 0.3) is 0 Å². The first kappa shape index (κ1) is 83.7. The van der Waals surface area contributed by atoms with Gasteiger partial charge in [0.25, 0.3) is 0 Å². The summed E-state index contributed by atoms with van der Waals surface area (Å²) in [6, 6.07) is 96.2. The van der Waals surface area contributed by atoms with Crippen molar-refractivity contribution in [2.45, 2.75) is 185 Å². The first-order chi connectivity index (χ1) is 53.3. The van der Waals surface area contributed by atoms with E-state index in [0.29, 0.717) is 23.7 Å². The van der Waals surface area contributed by atoms with E-state index in [9.17, 15) is 0 Å². The fraction of sp³-hybridized carbons (Fsp3) is 0.340. The van der Waals surface area contributed by atoms with Crippen LogP contribution in [0.3, 0.4) is 0 Å². The minimum atomic E-state index is -1.77. The molecule has 3 aliphatic carbocycles. The third-order valence-electron chi connectivity index (χ3n) is 22.5. The zero-order chi connectivity index (χ0) is 76.1. The molecule has 12 heteroatoms. The zero-order valence-electron chi connectivity index (χ0n) is 64.8. The predicted molar refractivity (Wildman–Crippen MR) is 471 cm³/mol. The molecule has 109 heavy (non-hydrogen) atoms. The first-order valence-corrected chi connectivity index (χ1v) is 52.6. The molecule has 5 fully saturated rings. The topological polar surface area (TPSA) is 22.2 Å². The van der Waals surface area contributed by atoms with Crippen LogP contribution in [0, 0.1) is 13.3 Å². The molecule has 5 aliphatic rings. The molecular weight excluding hydrogens is 1610 g/mol. The Hall–Kier alpha value is -6.22. The van der Waals surface area contributed by atoms with Gasteiger partial charge in [0.05, 0.1) is 17.0 Å². The van der Waals surface area contributed by atoms with Crippen LogP contribution in [0.2, 0.25) is 0 Å². The summed E-state index contributed by atoms with van der Waals surface area (Å²) in [4.78, 5) is 9.66. The van der Waals surface area contributed by atoms with Gasteiger partial charge < -0.3 is 19.6 Å². The van der Waals surface area contributed by atoms with Crippen LogP contribution in [0.4, 0.5) is 22.7 Å². The molecule has 4 atom stereocenters. The molecule has 15 rings (SSSR count). The summed E-state index contributed by atoms with van der Waals surface area (Å²) in [6.07, 6.45) is 24.0. The molecule has 2 heterocycles. The van der Waals surface area contributed by atoms with E-state index in [1.807, 2.05) is 77.7 Å². The average Bonchev–Trinajstić information content (AvgIpc) is 1.69. The number of benzene rings is 10. The predicted octanol–water partition coefficient (Wildman–Crippen LogP) is 27.4. The van der Waals surface area contributed by atoms with Crippen molar-refractivity contribution in [1.29, 1.82) is 0 Å². The third-order valence-corrected chi connectivity index (χ3v) is 30.7. The Morgan fingerprint density at radius 3 is 0.862 bits per heavy atom. The Bertz CT molecular complexity index is 3930. The molecule has 0 spiro atoms. The van der Waals surface area contributed by atoms with Crippen molar-refractivity contribution in [3.05, 3.63) is 342 Å². The molecule has 2 saturated heterocycles. The molecular formula is C97H114Cl4N4OPRu2-. The van der Waals surface area contributed by atoms with E-state index in [-0.39, 0.29) is 14.0 Å². The van der Waals surface area contributed by atoms with E-state index in [2.05, 4.69) is 279 Å². The van der Waals surface area contributed by atoms with E-state index in [4.69, 9.17) is 43.5 Å². The molecule has 0 bridgehead atoms. The number of hydrogen-bond donors (Lipinski definition) is 0. The normalized spacial score (nSPS) is 16.8. The van der Waals surface area contributed by atoms with E-state index < -0.39 is 27.0 Å². The zero-order valence-corrected chi connectivity index (χ0v) is 72.3. The Balaban J connectivity index is 0.000000144. The van der Waals surface area contributed by atoms with Gasteiger partial charge in [-0.05, 0) is 146 Å². The number of halogens is 4. The molecule has 0 aromatic heterocycles. The second kappa shape index (κ2) is 44.3. The molecule has 0 amide bonds. The summed E-state index contributed by atoms with van der Waals surface area (Å²) < 4.78 is 9.44. The monoisotopic (exact) mass is 1730 g/mol.